The number of fused-ring (bicyclic) bond motifs is 2. The monoisotopic (exact) mass is 367 g/mol. The number of nitro groups is 1. The molecule has 2 aromatic carbocycles. The molecular weight excluding hydrogens is 354 g/mol. The van der Waals surface area contributed by atoms with Crippen LogP contribution in [-0.4, -0.2) is 10.0 Å². The molecule has 8 nitrogen and oxygen atoms in total. The normalized spacial score (nSPS) is 11.1. The summed E-state index contributed by atoms with van der Waals surface area (Å²) >= 11 is 0. The number of phenolic OH excluding ortho intramolecular Hbond substituents is 1. The number of ether oxygens (including phenoxy) is 1. The number of hydrogen-bond acceptors (Lipinski definition) is 7. The van der Waals surface area contributed by atoms with Crippen LogP contribution in [0.15, 0.2) is 56.3 Å². The molecule has 4 rings (SSSR count). The van der Waals surface area contributed by atoms with E-state index in [9.17, 15) is 20.0 Å². The molecule has 0 aliphatic rings. The molecule has 0 atom stereocenters. The van der Waals surface area contributed by atoms with Gasteiger partial charge in [-0.3, -0.25) is 14.9 Å². The number of phenols is 1. The van der Waals surface area contributed by atoms with E-state index in [1.807, 2.05) is 0 Å². The van der Waals surface area contributed by atoms with Crippen LogP contribution in [0.2, 0.25) is 0 Å². The van der Waals surface area contributed by atoms with Crippen LogP contribution in [0.4, 0.5) is 5.69 Å². The highest BCUT2D eigenvalue weighted by Gasteiger charge is 2.22. The first-order valence-electron chi connectivity index (χ1n) is 7.98. The summed E-state index contributed by atoms with van der Waals surface area (Å²) in [6.45, 7) is 1.59. The average molecular weight is 367 g/mol. The summed E-state index contributed by atoms with van der Waals surface area (Å²) in [6, 6.07) is 8.80. The van der Waals surface area contributed by atoms with Gasteiger partial charge < -0.3 is 18.7 Å². The lowest BCUT2D eigenvalue weighted by Crippen LogP contribution is -2.04. The Bertz CT molecular complexity index is 1250. The van der Waals surface area contributed by atoms with Crippen LogP contribution in [0.1, 0.15) is 11.3 Å². The number of furan rings is 1. The molecule has 0 unspecified atom stereocenters. The first kappa shape index (κ1) is 16.6. The summed E-state index contributed by atoms with van der Waals surface area (Å²) in [5.74, 6) is 0.248. The van der Waals surface area contributed by atoms with Crippen molar-refractivity contribution in [2.75, 3.05) is 0 Å². The lowest BCUT2D eigenvalue weighted by molar-refractivity contribution is -0.384. The maximum Gasteiger partial charge on any atom is 0.269 e. The van der Waals surface area contributed by atoms with Gasteiger partial charge in [-0.25, -0.2) is 0 Å². The van der Waals surface area contributed by atoms with Crippen molar-refractivity contribution in [3.05, 3.63) is 74.3 Å². The lowest BCUT2D eigenvalue weighted by atomic mass is 10.1. The first-order chi connectivity index (χ1) is 13.0. The van der Waals surface area contributed by atoms with Gasteiger partial charge in [0.25, 0.3) is 5.69 Å². The second-order valence-corrected chi connectivity index (χ2v) is 5.98. The van der Waals surface area contributed by atoms with E-state index in [-0.39, 0.29) is 40.3 Å². The average Bonchev–Trinajstić information content (AvgIpc) is 3.11. The largest absolute Gasteiger partial charge is 0.506 e. The number of rotatable bonds is 4. The highest BCUT2D eigenvalue weighted by atomic mass is 16.6. The maximum atomic E-state index is 12.4. The quantitative estimate of drug-likeness (QED) is 0.427. The van der Waals surface area contributed by atoms with E-state index in [0.717, 1.165) is 0 Å². The van der Waals surface area contributed by atoms with Gasteiger partial charge in [0, 0.05) is 18.2 Å². The van der Waals surface area contributed by atoms with Gasteiger partial charge in [0.1, 0.15) is 23.5 Å². The Morgan fingerprint density at radius 1 is 1.22 bits per heavy atom. The molecule has 0 saturated carbocycles. The summed E-state index contributed by atoms with van der Waals surface area (Å²) in [4.78, 5) is 22.8. The van der Waals surface area contributed by atoms with Crippen LogP contribution < -0.4 is 10.2 Å². The molecule has 27 heavy (non-hydrogen) atoms. The molecule has 0 aliphatic carbocycles. The van der Waals surface area contributed by atoms with Crippen LogP contribution in [0.25, 0.3) is 21.9 Å². The second-order valence-electron chi connectivity index (χ2n) is 5.98. The smallest absolute Gasteiger partial charge is 0.269 e. The number of non-ortho nitro benzene ring substituents is 1. The zero-order valence-electron chi connectivity index (χ0n) is 14.1. The van der Waals surface area contributed by atoms with E-state index < -0.39 is 10.4 Å². The molecule has 0 fully saturated rings. The van der Waals surface area contributed by atoms with E-state index in [1.54, 1.807) is 19.1 Å². The molecule has 0 aliphatic heterocycles. The zero-order chi connectivity index (χ0) is 19.1. The van der Waals surface area contributed by atoms with Crippen molar-refractivity contribution in [1.29, 1.82) is 0 Å². The van der Waals surface area contributed by atoms with Crippen LogP contribution >= 0.6 is 0 Å². The first-order valence-corrected chi connectivity index (χ1v) is 7.98. The molecule has 136 valence electrons. The van der Waals surface area contributed by atoms with E-state index in [4.69, 9.17) is 13.6 Å². The van der Waals surface area contributed by atoms with E-state index >= 15 is 0 Å². The molecule has 4 aromatic rings. The summed E-state index contributed by atoms with van der Waals surface area (Å²) in [7, 11) is 0. The minimum Gasteiger partial charge on any atom is -0.506 e. The van der Waals surface area contributed by atoms with Crippen molar-refractivity contribution >= 4 is 27.6 Å². The minimum absolute atomic E-state index is 0.0106. The van der Waals surface area contributed by atoms with Gasteiger partial charge in [-0.1, -0.05) is 12.1 Å². The van der Waals surface area contributed by atoms with Crippen LogP contribution in [0.5, 0.6) is 11.5 Å². The number of aryl methyl sites for hydroxylation is 1. The molecule has 0 radical (unpaired) electrons. The number of hydrogen-bond donors (Lipinski definition) is 1. The van der Waals surface area contributed by atoms with E-state index in [1.165, 1.54) is 30.5 Å². The van der Waals surface area contributed by atoms with Crippen LogP contribution in [0, 0.1) is 17.0 Å². The number of nitro benzene ring substituents is 1. The third kappa shape index (κ3) is 2.77. The van der Waals surface area contributed by atoms with Gasteiger partial charge in [0.2, 0.25) is 5.75 Å². The number of aromatic hydroxyl groups is 1. The number of benzene rings is 2. The third-order valence-electron chi connectivity index (χ3n) is 4.15. The summed E-state index contributed by atoms with van der Waals surface area (Å²) < 4.78 is 16.9. The molecule has 2 heterocycles. The number of nitrogens with zero attached hydrogens (tertiary/aromatic N) is 1. The molecule has 2 aromatic heterocycles. The van der Waals surface area contributed by atoms with E-state index in [0.29, 0.717) is 16.7 Å². The predicted molar refractivity (Wildman–Crippen MR) is 96.1 cm³/mol. The minimum atomic E-state index is -0.493. The molecule has 0 bridgehead atoms. The molecule has 8 heteroatoms. The fraction of sp³-hybridized carbons (Fsp3) is 0.105. The second kappa shape index (κ2) is 6.17. The van der Waals surface area contributed by atoms with Gasteiger partial charge in [-0.15, -0.1) is 0 Å². The SMILES string of the molecule is Cc1cc(=O)c2c(O)c3ccoc3c(OCc3cccc([N+](=O)[O-])c3)c2o1. The molecule has 0 amide bonds. The molecule has 0 saturated heterocycles. The van der Waals surface area contributed by atoms with Gasteiger partial charge in [-0.05, 0) is 18.6 Å². The molecule has 1 N–H and O–H groups in total. The zero-order valence-corrected chi connectivity index (χ0v) is 14.1. The fourth-order valence-corrected chi connectivity index (χ4v) is 2.95. The van der Waals surface area contributed by atoms with Gasteiger partial charge in [0.15, 0.2) is 16.6 Å². The highest BCUT2D eigenvalue weighted by Crippen LogP contribution is 2.41. The third-order valence-corrected chi connectivity index (χ3v) is 4.15. The lowest BCUT2D eigenvalue weighted by Gasteiger charge is -2.11. The van der Waals surface area contributed by atoms with E-state index in [2.05, 4.69) is 0 Å². The summed E-state index contributed by atoms with van der Waals surface area (Å²) in [5, 5.41) is 21.7. The molecule has 0 spiro atoms. The standard InChI is InChI=1S/C19H13NO7/c1-10-7-14(21)15-16(22)13-5-6-25-17(13)19(18(15)27-10)26-9-11-3-2-4-12(8-11)20(23)24/h2-8,22H,9H2,1H3. The van der Waals surface area contributed by atoms with Crippen LogP contribution in [0.3, 0.4) is 0 Å². The Morgan fingerprint density at radius 2 is 2.04 bits per heavy atom. The summed E-state index contributed by atoms with van der Waals surface area (Å²) in [6.07, 6.45) is 1.36. The van der Waals surface area contributed by atoms with Gasteiger partial charge >= 0.3 is 0 Å². The Morgan fingerprint density at radius 3 is 2.81 bits per heavy atom. The van der Waals surface area contributed by atoms with Crippen molar-refractivity contribution in [3.63, 3.8) is 0 Å². The van der Waals surface area contributed by atoms with Gasteiger partial charge in [-0.2, -0.15) is 0 Å². The van der Waals surface area contributed by atoms with Crippen molar-refractivity contribution < 1.29 is 23.6 Å². The molecular formula is C19H13NO7. The van der Waals surface area contributed by atoms with Gasteiger partial charge in [0.05, 0.1) is 16.6 Å². The Kier molecular flexibility index (Phi) is 3.80. The van der Waals surface area contributed by atoms with Crippen molar-refractivity contribution in [1.82, 2.24) is 0 Å². The maximum absolute atomic E-state index is 12.4. The van der Waals surface area contributed by atoms with Crippen molar-refractivity contribution in [3.8, 4) is 11.5 Å². The Hall–Kier alpha value is -3.81. The topological polar surface area (TPSA) is 116 Å². The fourth-order valence-electron chi connectivity index (χ4n) is 2.95. The van der Waals surface area contributed by atoms with Crippen molar-refractivity contribution in [2.24, 2.45) is 0 Å². The Labute approximate surface area is 151 Å². The van der Waals surface area contributed by atoms with Crippen LogP contribution in [-0.2, 0) is 6.61 Å². The summed E-state index contributed by atoms with van der Waals surface area (Å²) in [5.41, 5.74) is 0.372. The highest BCUT2D eigenvalue weighted by molar-refractivity contribution is 6.06. The van der Waals surface area contributed by atoms with Crippen molar-refractivity contribution in [2.45, 2.75) is 13.5 Å². The Balaban J connectivity index is 1.86. The predicted octanol–water partition coefficient (Wildman–Crippen LogP) is 4.04.